The summed E-state index contributed by atoms with van der Waals surface area (Å²) >= 11 is 0. The minimum atomic E-state index is -4.04. The zero-order valence-electron chi connectivity index (χ0n) is 27.1. The van der Waals surface area contributed by atoms with Gasteiger partial charge in [-0.05, 0) is 58.8 Å². The predicted molar refractivity (Wildman–Crippen MR) is 173 cm³/mol. The standard InChI is InChI=1S/C36H57O3P/c1-10-13-16-21-34(4,5)27-19-20-29-30-24-28(35(6,7)22-17-14-11-2)25-31(36(8,9)23-18-15-12-3)33(30)39-40(37,38)32(29)26-27/h19-20,24-26H,10-18,21-23H2,1-9H3,(H,37,38). The van der Waals surface area contributed by atoms with E-state index in [0.29, 0.717) is 11.1 Å². The lowest BCUT2D eigenvalue weighted by atomic mass is 9.73. The van der Waals surface area contributed by atoms with Crippen molar-refractivity contribution in [2.24, 2.45) is 0 Å². The van der Waals surface area contributed by atoms with Crippen molar-refractivity contribution in [3.63, 3.8) is 0 Å². The van der Waals surface area contributed by atoms with Crippen LogP contribution < -0.4 is 9.83 Å². The fraction of sp³-hybridized carbons (Fsp3) is 0.667. The van der Waals surface area contributed by atoms with Gasteiger partial charge < -0.3 is 9.42 Å². The van der Waals surface area contributed by atoms with E-state index in [9.17, 15) is 9.46 Å². The van der Waals surface area contributed by atoms with Gasteiger partial charge in [-0.2, -0.15) is 0 Å². The van der Waals surface area contributed by atoms with Gasteiger partial charge in [0, 0.05) is 16.7 Å². The molecule has 1 unspecified atom stereocenters. The first-order valence-electron chi connectivity index (χ1n) is 16.1. The first-order valence-corrected chi connectivity index (χ1v) is 17.6. The molecule has 0 radical (unpaired) electrons. The molecule has 0 aromatic heterocycles. The summed E-state index contributed by atoms with van der Waals surface area (Å²) in [4.78, 5) is 11.4. The molecule has 0 aliphatic carbocycles. The van der Waals surface area contributed by atoms with E-state index in [4.69, 9.17) is 4.52 Å². The summed E-state index contributed by atoms with van der Waals surface area (Å²) in [5.41, 5.74) is 5.08. The molecule has 1 aliphatic rings. The van der Waals surface area contributed by atoms with Crippen LogP contribution in [0.1, 0.15) is 156 Å². The molecule has 1 N–H and O–H groups in total. The highest BCUT2D eigenvalue weighted by atomic mass is 31.2. The predicted octanol–water partition coefficient (Wildman–Crippen LogP) is 11.1. The third-order valence-electron chi connectivity index (χ3n) is 9.40. The maximum absolute atomic E-state index is 13.9. The number of benzene rings is 2. The highest BCUT2D eigenvalue weighted by Crippen LogP contribution is 2.56. The van der Waals surface area contributed by atoms with Crippen LogP contribution in [0.2, 0.25) is 0 Å². The normalized spacial score (nSPS) is 17.4. The van der Waals surface area contributed by atoms with Gasteiger partial charge in [0.1, 0.15) is 5.75 Å². The van der Waals surface area contributed by atoms with Gasteiger partial charge in [-0.1, -0.05) is 138 Å². The third kappa shape index (κ3) is 7.43. The Balaban J connectivity index is 2.20. The largest absolute Gasteiger partial charge is 0.420 e. The number of unbranched alkanes of at least 4 members (excludes halogenated alkanes) is 6. The molecule has 3 nitrogen and oxygen atoms in total. The van der Waals surface area contributed by atoms with Crippen LogP contribution in [0.5, 0.6) is 5.75 Å². The molecular formula is C36H57O3P. The summed E-state index contributed by atoms with van der Waals surface area (Å²) in [6.07, 6.45) is 13.9. The highest BCUT2D eigenvalue weighted by Gasteiger charge is 2.40. The molecule has 1 atom stereocenters. The minimum Gasteiger partial charge on any atom is -0.420 e. The van der Waals surface area contributed by atoms with E-state index in [2.05, 4.69) is 86.6 Å². The van der Waals surface area contributed by atoms with Crippen molar-refractivity contribution in [2.75, 3.05) is 0 Å². The average molecular weight is 569 g/mol. The summed E-state index contributed by atoms with van der Waals surface area (Å²) in [6, 6.07) is 10.8. The number of hydrogen-bond acceptors (Lipinski definition) is 2. The molecule has 0 saturated carbocycles. The van der Waals surface area contributed by atoms with Gasteiger partial charge in [-0.15, -0.1) is 0 Å². The Morgan fingerprint density at radius 2 is 1.15 bits per heavy atom. The summed E-state index contributed by atoms with van der Waals surface area (Å²) in [6.45, 7) is 20.4. The van der Waals surface area contributed by atoms with E-state index in [1.807, 2.05) is 6.07 Å². The third-order valence-corrected chi connectivity index (χ3v) is 10.8. The van der Waals surface area contributed by atoms with Crippen molar-refractivity contribution in [2.45, 2.75) is 156 Å². The average Bonchev–Trinajstić information content (AvgIpc) is 2.88. The Hall–Kier alpha value is -1.57. The number of fused-ring (bicyclic) bond motifs is 3. The van der Waals surface area contributed by atoms with Crippen molar-refractivity contribution < 1.29 is 14.0 Å². The van der Waals surface area contributed by atoms with Gasteiger partial charge >= 0.3 is 7.60 Å². The van der Waals surface area contributed by atoms with E-state index >= 15 is 0 Å². The molecule has 1 heterocycles. The number of rotatable bonds is 15. The molecular weight excluding hydrogens is 511 g/mol. The first kappa shape index (κ1) is 32.9. The van der Waals surface area contributed by atoms with Crippen LogP contribution in [0.25, 0.3) is 11.1 Å². The Labute approximate surface area is 246 Å². The van der Waals surface area contributed by atoms with Crippen LogP contribution in [0.3, 0.4) is 0 Å². The van der Waals surface area contributed by atoms with Crippen LogP contribution in [-0.4, -0.2) is 4.89 Å². The zero-order chi connectivity index (χ0) is 29.8. The van der Waals surface area contributed by atoms with Gasteiger partial charge in [-0.25, -0.2) is 4.57 Å². The molecule has 2 aromatic rings. The fourth-order valence-electron chi connectivity index (χ4n) is 6.28. The highest BCUT2D eigenvalue weighted by molar-refractivity contribution is 7.62. The summed E-state index contributed by atoms with van der Waals surface area (Å²) in [7, 11) is -4.04. The van der Waals surface area contributed by atoms with Crippen LogP contribution >= 0.6 is 7.60 Å². The van der Waals surface area contributed by atoms with Gasteiger partial charge in [0.25, 0.3) is 0 Å². The van der Waals surface area contributed by atoms with Crippen molar-refractivity contribution in [3.8, 4) is 16.9 Å². The molecule has 2 aromatic carbocycles. The Kier molecular flexibility index (Phi) is 10.8. The lowest BCUT2D eigenvalue weighted by molar-refractivity contribution is 0.377. The Morgan fingerprint density at radius 3 is 1.68 bits per heavy atom. The maximum atomic E-state index is 13.9. The quantitative estimate of drug-likeness (QED) is 0.172. The second-order valence-electron chi connectivity index (χ2n) is 14.3. The van der Waals surface area contributed by atoms with Crippen molar-refractivity contribution in [3.05, 3.63) is 47.0 Å². The van der Waals surface area contributed by atoms with Crippen LogP contribution in [0, 0.1) is 0 Å². The topological polar surface area (TPSA) is 46.5 Å². The molecule has 0 amide bonds. The molecule has 0 bridgehead atoms. The lowest BCUT2D eigenvalue weighted by Crippen LogP contribution is -2.27. The molecule has 40 heavy (non-hydrogen) atoms. The van der Waals surface area contributed by atoms with Crippen molar-refractivity contribution >= 4 is 12.9 Å². The fourth-order valence-corrected chi connectivity index (χ4v) is 7.63. The van der Waals surface area contributed by atoms with E-state index < -0.39 is 7.60 Å². The van der Waals surface area contributed by atoms with Crippen molar-refractivity contribution in [1.29, 1.82) is 0 Å². The smallest absolute Gasteiger partial charge is 0.408 e. The lowest BCUT2D eigenvalue weighted by Gasteiger charge is -2.36. The van der Waals surface area contributed by atoms with Crippen molar-refractivity contribution in [1.82, 2.24) is 0 Å². The number of hydrogen-bond donors (Lipinski definition) is 1. The summed E-state index contributed by atoms with van der Waals surface area (Å²) in [5.74, 6) is 0.614. The maximum Gasteiger partial charge on any atom is 0.408 e. The Morgan fingerprint density at radius 1 is 0.650 bits per heavy atom. The van der Waals surface area contributed by atoms with Gasteiger partial charge in [0.2, 0.25) is 0 Å². The van der Waals surface area contributed by atoms with Crippen LogP contribution in [0.4, 0.5) is 0 Å². The van der Waals surface area contributed by atoms with E-state index in [0.717, 1.165) is 54.4 Å². The van der Waals surface area contributed by atoms with Crippen LogP contribution in [-0.2, 0) is 20.8 Å². The zero-order valence-corrected chi connectivity index (χ0v) is 28.0. The second kappa shape index (κ2) is 13.2. The monoisotopic (exact) mass is 568 g/mol. The summed E-state index contributed by atoms with van der Waals surface area (Å²) < 4.78 is 20.1. The van der Waals surface area contributed by atoms with Gasteiger partial charge in [0.15, 0.2) is 0 Å². The Bertz CT molecular complexity index is 1190. The minimum absolute atomic E-state index is 0.000178. The SMILES string of the molecule is CCCCCC(C)(C)c1cc2c(c(C(C)(C)CCCCC)c1)OP(=O)(O)c1cc(C(C)(C)CCCCC)ccc1-2. The molecule has 4 heteroatoms. The summed E-state index contributed by atoms with van der Waals surface area (Å²) in [5, 5.41) is 0.455. The molecule has 0 spiro atoms. The molecule has 0 saturated heterocycles. The van der Waals surface area contributed by atoms with E-state index in [-0.39, 0.29) is 16.2 Å². The van der Waals surface area contributed by atoms with Gasteiger partial charge in [0.05, 0.1) is 5.30 Å². The van der Waals surface area contributed by atoms with Gasteiger partial charge in [-0.3, -0.25) is 0 Å². The molecule has 224 valence electrons. The van der Waals surface area contributed by atoms with E-state index in [1.165, 1.54) is 50.5 Å². The van der Waals surface area contributed by atoms with E-state index in [1.54, 1.807) is 0 Å². The second-order valence-corrected chi connectivity index (χ2v) is 16.0. The first-order chi connectivity index (χ1) is 18.7. The van der Waals surface area contributed by atoms with Crippen LogP contribution in [0.15, 0.2) is 30.3 Å². The molecule has 3 rings (SSSR count). The molecule has 0 fully saturated rings. The molecule has 1 aliphatic heterocycles.